The second-order valence-electron chi connectivity index (χ2n) is 31.5. The van der Waals surface area contributed by atoms with E-state index in [4.69, 9.17) is 58.8 Å². The Morgan fingerprint density at radius 3 is 1.12 bits per heavy atom. The van der Waals surface area contributed by atoms with Gasteiger partial charge in [0.25, 0.3) is 0 Å². The second kappa shape index (κ2) is 37.5. The van der Waals surface area contributed by atoms with Crippen LogP contribution in [0.25, 0.3) is 100 Å². The average molecular weight is 1790 g/mol. The minimum atomic E-state index is -1.01. The number of H-pyrrole nitrogens is 4. The van der Waals surface area contributed by atoms with Gasteiger partial charge in [-0.2, -0.15) is 62.5 Å². The van der Waals surface area contributed by atoms with E-state index in [0.717, 1.165) is 107 Å². The van der Waals surface area contributed by atoms with Gasteiger partial charge >= 0.3 is 17.9 Å². The van der Waals surface area contributed by atoms with Crippen molar-refractivity contribution in [2.75, 3.05) is 139 Å². The maximum absolute atomic E-state index is 12.3. The molecule has 130 heavy (non-hydrogen) atoms. The molecule has 18 aromatic rings. The van der Waals surface area contributed by atoms with Crippen LogP contribution in [0.2, 0.25) is 0 Å². The number of benzene rings is 4. The largest absolute Gasteiger partial charge is 0.478 e. The first kappa shape index (κ1) is 84.5. The Balaban J connectivity index is 0.000000112. The monoisotopic (exact) mass is 1790 g/mol. The molecule has 0 atom stereocenters. The number of aromatic amines is 4. The van der Waals surface area contributed by atoms with Gasteiger partial charge < -0.3 is 99.1 Å². The molecule has 4 aliphatic rings. The van der Waals surface area contributed by atoms with E-state index >= 15 is 0 Å². The Hall–Kier alpha value is -15.0. The SMILES string of the molecule is CC(C)n1cnc2c(NCc3nc4c(C(=O)O)cccc4[nH]3)nc(N3CCOCC3)nc21.CCOC(=O)c1cccc2[nH]c(CNc3nc(N4CCOCC4)nc4c3ncn4C(C)C)nc12.O=C(O)c1cccc2[nH]c(CNc3nc(N4CCOCC4)nc4c3ncn4-c3ccsc3)nc12.c1ccc2[nH]c(CNc3nc(N4CCCC4)nc4c3ncn4-c3ccsc3)nc2c1. The van der Waals surface area contributed by atoms with Crippen molar-refractivity contribution < 1.29 is 43.5 Å². The molecule has 666 valence electrons. The van der Waals surface area contributed by atoms with E-state index in [2.05, 4.69) is 145 Å². The van der Waals surface area contributed by atoms with Crippen molar-refractivity contribution in [1.29, 1.82) is 0 Å². The lowest BCUT2D eigenvalue weighted by Gasteiger charge is -2.27. The van der Waals surface area contributed by atoms with Gasteiger partial charge in [-0.15, -0.1) is 0 Å². The molecule has 14 aromatic heterocycles. The topological polar surface area (TPSA) is 479 Å². The number of carboxylic acid groups (broad SMARTS) is 2. The highest BCUT2D eigenvalue weighted by Gasteiger charge is 2.28. The molecule has 0 spiro atoms. The first-order chi connectivity index (χ1) is 63.6. The smallest absolute Gasteiger partial charge is 0.340 e. The van der Waals surface area contributed by atoms with Crippen LogP contribution in [0.5, 0.6) is 0 Å². The predicted molar refractivity (Wildman–Crippen MR) is 495 cm³/mol. The van der Waals surface area contributed by atoms with Gasteiger partial charge in [0, 0.05) is 75.2 Å². The van der Waals surface area contributed by atoms with E-state index in [1.807, 2.05) is 83.9 Å². The molecule has 0 radical (unpaired) electrons. The summed E-state index contributed by atoms with van der Waals surface area (Å²) in [4.78, 5) is 132. The number of nitrogens with zero attached hydrogens (tertiary/aromatic N) is 24. The van der Waals surface area contributed by atoms with Crippen molar-refractivity contribution in [3.63, 3.8) is 0 Å². The zero-order valence-corrected chi connectivity index (χ0v) is 73.2. The lowest BCUT2D eigenvalue weighted by Crippen LogP contribution is -2.37. The molecule has 43 heteroatoms. The summed E-state index contributed by atoms with van der Waals surface area (Å²) in [5.74, 6) is 5.54. The van der Waals surface area contributed by atoms with Gasteiger partial charge in [-0.05, 0) is 119 Å². The van der Waals surface area contributed by atoms with Gasteiger partial charge in [-0.25, -0.2) is 54.3 Å². The molecule has 18 heterocycles. The number of para-hydroxylation sites is 5. The summed E-state index contributed by atoms with van der Waals surface area (Å²) in [6.45, 7) is 22.1. The minimum absolute atomic E-state index is 0.161. The third-order valence-electron chi connectivity index (χ3n) is 22.3. The summed E-state index contributed by atoms with van der Waals surface area (Å²) in [5.41, 5.74) is 14.2. The molecule has 0 saturated carbocycles. The number of thiophene rings is 2. The third-order valence-corrected chi connectivity index (χ3v) is 23.7. The molecule has 0 bridgehead atoms. The number of aromatic nitrogens is 24. The minimum Gasteiger partial charge on any atom is -0.478 e. The number of hydrogen-bond donors (Lipinski definition) is 10. The number of nitrogens with one attached hydrogen (secondary N) is 8. The van der Waals surface area contributed by atoms with Gasteiger partial charge in [0.2, 0.25) is 23.8 Å². The van der Waals surface area contributed by atoms with Crippen LogP contribution in [-0.2, 0) is 45.1 Å². The molecule has 4 aromatic carbocycles. The van der Waals surface area contributed by atoms with Gasteiger partial charge in [0.1, 0.15) is 52.5 Å². The van der Waals surface area contributed by atoms with E-state index in [1.165, 1.54) is 12.8 Å². The highest BCUT2D eigenvalue weighted by molar-refractivity contribution is 7.08. The normalized spacial score (nSPS) is 14.3. The van der Waals surface area contributed by atoms with Crippen molar-refractivity contribution in [3.8, 4) is 11.4 Å². The van der Waals surface area contributed by atoms with E-state index < -0.39 is 11.9 Å². The molecule has 4 aliphatic heterocycles. The predicted octanol–water partition coefficient (Wildman–Crippen LogP) is 12.2. The Morgan fingerprint density at radius 1 is 0.400 bits per heavy atom. The maximum atomic E-state index is 12.3. The number of aromatic carboxylic acids is 2. The van der Waals surface area contributed by atoms with E-state index in [1.54, 1.807) is 85.0 Å². The molecule has 0 unspecified atom stereocenters. The van der Waals surface area contributed by atoms with Crippen LogP contribution in [0.1, 0.15) is 114 Å². The molecular weight excluding hydrogens is 1700 g/mol. The summed E-state index contributed by atoms with van der Waals surface area (Å²) in [5, 5.41) is 40.5. The fraction of sp³-hybridized carbons (Fsp3) is 0.322. The number of esters is 1. The van der Waals surface area contributed by atoms with Crippen molar-refractivity contribution in [2.45, 2.75) is 85.7 Å². The van der Waals surface area contributed by atoms with Crippen LogP contribution in [-0.4, -0.2) is 245 Å². The molecule has 22 rings (SSSR count). The number of carbonyl (C=O) groups is 3. The number of carbonyl (C=O) groups excluding carboxylic acids is 1. The van der Waals surface area contributed by atoms with Crippen molar-refractivity contribution in [2.24, 2.45) is 0 Å². The quantitative estimate of drug-likeness (QED) is 0.0251. The maximum Gasteiger partial charge on any atom is 0.340 e. The van der Waals surface area contributed by atoms with Gasteiger partial charge in [0.15, 0.2) is 67.9 Å². The fourth-order valence-electron chi connectivity index (χ4n) is 15.8. The zero-order valence-electron chi connectivity index (χ0n) is 71.6. The summed E-state index contributed by atoms with van der Waals surface area (Å²) in [6, 6.07) is 28.1. The molecule has 4 fully saturated rings. The fourth-order valence-corrected chi connectivity index (χ4v) is 17.0. The number of rotatable bonds is 24. The number of fused-ring (bicyclic) bond motifs is 8. The summed E-state index contributed by atoms with van der Waals surface area (Å²) >= 11 is 3.27. The first-order valence-electron chi connectivity index (χ1n) is 42.8. The lowest BCUT2D eigenvalue weighted by atomic mass is 10.2. The number of carboxylic acids is 2. The van der Waals surface area contributed by atoms with Crippen molar-refractivity contribution >= 4 is 176 Å². The Kier molecular flexibility index (Phi) is 24.4. The number of ether oxygens (including phenoxy) is 4. The summed E-state index contributed by atoms with van der Waals surface area (Å²) < 4.78 is 29.6. The van der Waals surface area contributed by atoms with Crippen LogP contribution < -0.4 is 40.9 Å². The van der Waals surface area contributed by atoms with E-state index in [0.29, 0.717) is 194 Å². The Bertz CT molecular complexity index is 7060. The number of imidazole rings is 8. The van der Waals surface area contributed by atoms with Gasteiger partial charge in [0.05, 0.1) is 141 Å². The second-order valence-corrected chi connectivity index (χ2v) is 33.0. The van der Waals surface area contributed by atoms with Crippen LogP contribution in [0.15, 0.2) is 138 Å². The van der Waals surface area contributed by atoms with Crippen molar-refractivity contribution in [1.82, 2.24) is 118 Å². The molecule has 0 amide bonds. The lowest BCUT2D eigenvalue weighted by molar-refractivity contribution is 0.0527. The van der Waals surface area contributed by atoms with Crippen molar-refractivity contribution in [3.05, 3.63) is 178 Å². The van der Waals surface area contributed by atoms with E-state index in [9.17, 15) is 24.6 Å². The van der Waals surface area contributed by atoms with Crippen LogP contribution in [0.4, 0.5) is 47.1 Å². The van der Waals surface area contributed by atoms with E-state index in [-0.39, 0.29) is 29.2 Å². The third kappa shape index (κ3) is 17.8. The molecule has 0 aliphatic carbocycles. The number of morpholine rings is 3. The molecule has 4 saturated heterocycles. The molecule has 41 nitrogen and oxygen atoms in total. The van der Waals surface area contributed by atoms with Gasteiger partial charge in [-0.1, -0.05) is 30.3 Å². The summed E-state index contributed by atoms with van der Waals surface area (Å²) in [6.07, 6.45) is 9.49. The standard InChI is InChI=1S/C23H28N8O3.C22H20N8O3S.C21H24N8O3.C21H20N8S/c1-4-34-22(32)15-6-5-7-16-18(15)27-17(26-16)12-24-20-19-21(31(13-25-19)14(2)3)29-23(28-20)30-8-10-33-11-9-30;31-21(32)14-2-1-3-15-17(14)26-16(25-15)10-23-19-18-20(30(12-24-18)13-4-9-34-11-13)28-22(27-19)29-5-7-33-8-6-29;1-12(2)29-11-23-17-18(26-21(27-19(17)29)28-6-8-32-9-7-28)22-10-15-24-14-5-3-4-13(20(30)31)16(14)25-15;1-2-6-16-15(5-1)24-17(25-16)11-22-19-18-20(27-21(26-19)28-8-3-4-9-28)29(13-23-18)14-7-10-30-12-14/h5-7,13-14H,4,8-12H2,1-3H3,(H,26,27)(H,24,28,29);1-4,9,11-12H,5-8,10H2,(H,25,26)(H,31,32)(H,23,27,28);3-5,11-12H,6-10H2,1-2H3,(H,24,25)(H,30,31)(H,22,26,27);1-2,5-7,10,12-13H,3-4,8-9,11H2,(H,24,25)(H,22,26,27). The highest BCUT2D eigenvalue weighted by atomic mass is 32.1. The average Bonchev–Trinajstić information content (AvgIpc) is 1.63. The molecular formula is C87H92N32O9S2. The highest BCUT2D eigenvalue weighted by Crippen LogP contribution is 2.34. The Morgan fingerprint density at radius 2 is 0.746 bits per heavy atom. The molecule has 10 N–H and O–H groups in total. The number of hydrogen-bond acceptors (Lipinski definition) is 33. The first-order valence-corrected chi connectivity index (χ1v) is 44.7. The van der Waals surface area contributed by atoms with Crippen LogP contribution in [0, 0.1) is 0 Å². The van der Waals surface area contributed by atoms with Crippen LogP contribution >= 0.6 is 22.7 Å². The zero-order chi connectivity index (χ0) is 88.9. The van der Waals surface area contributed by atoms with Gasteiger partial charge in [-0.3, -0.25) is 9.13 Å². The summed E-state index contributed by atoms with van der Waals surface area (Å²) in [7, 11) is 0. The van der Waals surface area contributed by atoms with Crippen LogP contribution in [0.3, 0.4) is 0 Å². The Labute approximate surface area is 748 Å². The number of anilines is 8.